The number of nitrogens with zero attached hydrogens (tertiary/aromatic N) is 1. The molecule has 0 aliphatic rings. The third-order valence-corrected chi connectivity index (χ3v) is 11.8. The van der Waals surface area contributed by atoms with E-state index in [0.717, 1.165) is 96.3 Å². The highest BCUT2D eigenvalue weighted by Crippen LogP contribution is 2.16. The molecule has 0 aromatic rings. The summed E-state index contributed by atoms with van der Waals surface area (Å²) in [6, 6.07) is -0.621. The molecule has 0 saturated heterocycles. The van der Waals surface area contributed by atoms with Crippen LogP contribution >= 0.6 is 0 Å². The van der Waals surface area contributed by atoms with E-state index in [9.17, 15) is 19.5 Å². The number of carbonyl (C=O) groups is 3. The summed E-state index contributed by atoms with van der Waals surface area (Å²) in [5.74, 6) is -1.48. The molecule has 1 N–H and O–H groups in total. The molecular formula is C59H102NO7+. The van der Waals surface area contributed by atoms with Crippen LogP contribution in [0.25, 0.3) is 0 Å². The van der Waals surface area contributed by atoms with Gasteiger partial charge in [0.15, 0.2) is 12.1 Å². The minimum atomic E-state index is -0.878. The van der Waals surface area contributed by atoms with E-state index in [-0.39, 0.29) is 36.2 Å². The van der Waals surface area contributed by atoms with Crippen LogP contribution in [0.15, 0.2) is 85.1 Å². The summed E-state index contributed by atoms with van der Waals surface area (Å²) in [7, 11) is 5.53. The van der Waals surface area contributed by atoms with Gasteiger partial charge < -0.3 is 23.8 Å². The van der Waals surface area contributed by atoms with Gasteiger partial charge in [0.1, 0.15) is 6.61 Å². The number of allylic oxidation sites excluding steroid dienone is 14. The van der Waals surface area contributed by atoms with E-state index in [1.54, 1.807) is 0 Å². The van der Waals surface area contributed by atoms with E-state index in [4.69, 9.17) is 14.2 Å². The smallest absolute Gasteiger partial charge is 0.362 e. The molecule has 8 heteroatoms. The Morgan fingerprint density at radius 3 is 1.16 bits per heavy atom. The molecule has 0 radical (unpaired) electrons. The van der Waals surface area contributed by atoms with Gasteiger partial charge in [0, 0.05) is 19.3 Å². The van der Waals surface area contributed by atoms with Gasteiger partial charge in [-0.1, -0.05) is 202 Å². The van der Waals surface area contributed by atoms with Crippen LogP contribution in [-0.2, 0) is 28.6 Å². The molecule has 0 bridgehead atoms. The van der Waals surface area contributed by atoms with Crippen molar-refractivity contribution in [1.82, 2.24) is 0 Å². The van der Waals surface area contributed by atoms with Crippen LogP contribution in [0.2, 0.25) is 0 Å². The number of unbranched alkanes of at least 4 members (excludes halogenated alkanes) is 20. The van der Waals surface area contributed by atoms with E-state index >= 15 is 0 Å². The van der Waals surface area contributed by atoms with Crippen LogP contribution in [0.3, 0.4) is 0 Å². The van der Waals surface area contributed by atoms with Crippen molar-refractivity contribution in [2.75, 3.05) is 41.0 Å². The van der Waals surface area contributed by atoms with Gasteiger partial charge in [-0.15, -0.1) is 0 Å². The SMILES string of the molecule is CC/C=C/C/C=C/C/C=C/C/C=C/CCCCCCCCCC(=O)OC(COCCC(C(=O)O)[N+](C)(C)C)COC(=O)CCCCCCCCCCCCCCC/C=C/C/C=C/C/C=C/CC. The second-order valence-corrected chi connectivity index (χ2v) is 19.1. The van der Waals surface area contributed by atoms with Crippen LogP contribution in [0, 0.1) is 0 Å². The fraction of sp³-hybridized carbons (Fsp3) is 0.712. The first-order valence-corrected chi connectivity index (χ1v) is 27.1. The lowest BCUT2D eigenvalue weighted by Crippen LogP contribution is -2.50. The fourth-order valence-corrected chi connectivity index (χ4v) is 7.69. The van der Waals surface area contributed by atoms with Crippen LogP contribution in [0.5, 0.6) is 0 Å². The molecule has 0 spiro atoms. The Bertz CT molecular complexity index is 1370. The normalized spacial score (nSPS) is 13.5. The van der Waals surface area contributed by atoms with Crippen LogP contribution in [-0.4, -0.2) is 80.6 Å². The van der Waals surface area contributed by atoms with Gasteiger partial charge in [0.25, 0.3) is 0 Å². The molecule has 0 aromatic heterocycles. The Morgan fingerprint density at radius 2 is 0.791 bits per heavy atom. The Balaban J connectivity index is 4.22. The van der Waals surface area contributed by atoms with Crippen LogP contribution in [0.4, 0.5) is 0 Å². The zero-order valence-electron chi connectivity index (χ0n) is 43.8. The van der Waals surface area contributed by atoms with Gasteiger partial charge in [-0.25, -0.2) is 4.79 Å². The maximum atomic E-state index is 12.8. The molecule has 0 fully saturated rings. The lowest BCUT2D eigenvalue weighted by Gasteiger charge is -2.31. The summed E-state index contributed by atoms with van der Waals surface area (Å²) in [5.41, 5.74) is 0. The van der Waals surface area contributed by atoms with Crippen LogP contribution < -0.4 is 0 Å². The molecular weight excluding hydrogens is 835 g/mol. The van der Waals surface area contributed by atoms with E-state index in [2.05, 4.69) is 98.9 Å². The highest BCUT2D eigenvalue weighted by atomic mass is 16.6. The quantitative estimate of drug-likeness (QED) is 0.0281. The maximum absolute atomic E-state index is 12.8. The summed E-state index contributed by atoms with van der Waals surface area (Å²) >= 11 is 0. The van der Waals surface area contributed by atoms with E-state index < -0.39 is 18.1 Å². The largest absolute Gasteiger partial charge is 0.477 e. The minimum Gasteiger partial charge on any atom is -0.477 e. The monoisotopic (exact) mass is 937 g/mol. The average molecular weight is 937 g/mol. The van der Waals surface area contributed by atoms with E-state index in [1.807, 2.05) is 21.1 Å². The summed E-state index contributed by atoms with van der Waals surface area (Å²) in [6.07, 6.45) is 64.9. The van der Waals surface area contributed by atoms with Gasteiger partial charge in [0.2, 0.25) is 0 Å². The highest BCUT2D eigenvalue weighted by Gasteiger charge is 2.31. The number of hydrogen-bond donors (Lipinski definition) is 1. The first kappa shape index (κ1) is 63.5. The summed E-state index contributed by atoms with van der Waals surface area (Å²) in [6.45, 7) is 4.52. The Kier molecular flexibility index (Phi) is 46.4. The van der Waals surface area contributed by atoms with Crippen molar-refractivity contribution in [3.05, 3.63) is 85.1 Å². The Morgan fingerprint density at radius 1 is 0.448 bits per heavy atom. The fourth-order valence-electron chi connectivity index (χ4n) is 7.69. The van der Waals surface area contributed by atoms with Gasteiger partial charge in [-0.3, -0.25) is 9.59 Å². The Labute approximate surface area is 412 Å². The number of hydrogen-bond acceptors (Lipinski definition) is 6. The lowest BCUT2D eigenvalue weighted by atomic mass is 10.0. The van der Waals surface area contributed by atoms with Gasteiger partial charge in [-0.2, -0.15) is 0 Å². The number of carboxylic acids is 1. The second-order valence-electron chi connectivity index (χ2n) is 19.1. The molecule has 384 valence electrons. The minimum absolute atomic E-state index is 0.0532. The average Bonchev–Trinajstić information content (AvgIpc) is 3.29. The number of likely N-dealkylation sites (N-methyl/N-ethyl adjacent to an activating group) is 1. The molecule has 0 aliphatic carbocycles. The van der Waals surface area contributed by atoms with Crippen molar-refractivity contribution in [1.29, 1.82) is 0 Å². The maximum Gasteiger partial charge on any atom is 0.362 e. The number of carboxylic acid groups (broad SMARTS) is 1. The number of ether oxygens (including phenoxy) is 3. The van der Waals surface area contributed by atoms with Crippen molar-refractivity contribution >= 4 is 17.9 Å². The number of aliphatic carboxylic acids is 1. The molecule has 67 heavy (non-hydrogen) atoms. The predicted molar refractivity (Wildman–Crippen MR) is 284 cm³/mol. The standard InChI is InChI=1S/C59H101NO7/c1-6-8-10-12-14-16-18-20-22-24-26-28-29-30-32-33-35-37-39-41-43-45-47-49-57(61)66-54-55(53-65-52-51-56(59(63)64)60(3,4)5)67-58(62)50-48-46-44-42-40-38-36-34-31-27-25-23-21-19-17-15-13-11-9-7-2/h8-11,14-17,20-23,27,31,55-56H,6-7,12-13,18-19,24-26,28-30,32-54H2,1-5H3/p+1/b10-8+,11-9+,16-14+,17-15+,22-20+,23-21+,31-27+. The summed E-state index contributed by atoms with van der Waals surface area (Å²) in [5, 5.41) is 9.67. The summed E-state index contributed by atoms with van der Waals surface area (Å²) < 4.78 is 17.4. The van der Waals surface area contributed by atoms with E-state index in [1.165, 1.54) is 89.9 Å². The first-order chi connectivity index (χ1) is 32.6. The topological polar surface area (TPSA) is 99.1 Å². The van der Waals surface area contributed by atoms with Gasteiger partial charge in [-0.05, 0) is 83.5 Å². The third-order valence-electron chi connectivity index (χ3n) is 11.8. The van der Waals surface area contributed by atoms with Crippen molar-refractivity contribution < 1.29 is 38.2 Å². The summed E-state index contributed by atoms with van der Waals surface area (Å²) in [4.78, 5) is 37.2. The number of quaternary nitrogens is 1. The second kappa shape index (κ2) is 48.9. The Hall–Kier alpha value is -3.49. The van der Waals surface area contributed by atoms with Gasteiger partial charge in [0.05, 0.1) is 34.4 Å². The molecule has 0 heterocycles. The highest BCUT2D eigenvalue weighted by molar-refractivity contribution is 5.72. The molecule has 0 amide bonds. The number of rotatable bonds is 48. The van der Waals surface area contributed by atoms with Crippen molar-refractivity contribution in [2.24, 2.45) is 0 Å². The lowest BCUT2D eigenvalue weighted by molar-refractivity contribution is -0.887. The molecule has 8 nitrogen and oxygen atoms in total. The molecule has 0 aromatic carbocycles. The van der Waals surface area contributed by atoms with Crippen molar-refractivity contribution in [2.45, 2.75) is 231 Å². The molecule has 2 atom stereocenters. The molecule has 2 unspecified atom stereocenters. The number of carbonyl (C=O) groups excluding carboxylic acids is 2. The number of esters is 2. The molecule has 0 rings (SSSR count). The zero-order chi connectivity index (χ0) is 49.2. The zero-order valence-corrected chi connectivity index (χ0v) is 43.8. The predicted octanol–water partition coefficient (Wildman–Crippen LogP) is 16.0. The van der Waals surface area contributed by atoms with Crippen LogP contribution in [0.1, 0.15) is 219 Å². The van der Waals surface area contributed by atoms with E-state index in [0.29, 0.717) is 19.3 Å². The first-order valence-electron chi connectivity index (χ1n) is 27.1. The van der Waals surface area contributed by atoms with Crippen molar-refractivity contribution in [3.63, 3.8) is 0 Å². The van der Waals surface area contributed by atoms with Gasteiger partial charge >= 0.3 is 17.9 Å². The molecule has 0 aliphatic heterocycles. The molecule has 0 saturated carbocycles. The third kappa shape index (κ3) is 47.4. The van der Waals surface area contributed by atoms with Crippen molar-refractivity contribution in [3.8, 4) is 0 Å².